The van der Waals surface area contributed by atoms with Crippen molar-refractivity contribution in [3.05, 3.63) is 0 Å². The van der Waals surface area contributed by atoms with E-state index in [9.17, 15) is 96.6 Å². The summed E-state index contributed by atoms with van der Waals surface area (Å²) >= 11 is 0. The van der Waals surface area contributed by atoms with Gasteiger partial charge in [-0.25, -0.2) is 17.6 Å². The molecule has 0 aliphatic carbocycles. The van der Waals surface area contributed by atoms with E-state index in [1.807, 2.05) is 0 Å². The first-order valence-electron chi connectivity index (χ1n) is 6.85. The smallest absolute Gasteiger partial charge is 0.203 e. The minimum Gasteiger partial charge on any atom is -0.203 e. The normalized spacial score (nSPS) is 16.7. The second-order valence-corrected chi connectivity index (χ2v) is 5.87. The molecular formula is C11H2F22. The van der Waals surface area contributed by atoms with Crippen LogP contribution >= 0.6 is 0 Å². The fraction of sp³-hybridized carbons (Fsp3) is 1.00. The van der Waals surface area contributed by atoms with Crippen molar-refractivity contribution in [2.45, 2.75) is 66.2 Å². The second kappa shape index (κ2) is 7.74. The standard InChI is InChI=1S/C11H2F22/c12-1(13)3(16,17)5(20,21)7(24,25)9(28,29)11(32,33)10(30,31)8(26,27)6(22,23)4(18,19)2(14)15/h1-2H. The van der Waals surface area contributed by atoms with E-state index in [1.54, 1.807) is 0 Å². The van der Waals surface area contributed by atoms with Gasteiger partial charge in [-0.05, 0) is 0 Å². The van der Waals surface area contributed by atoms with Crippen molar-refractivity contribution < 1.29 is 96.6 Å². The molecule has 0 saturated heterocycles. The van der Waals surface area contributed by atoms with Gasteiger partial charge in [-0.3, -0.25) is 0 Å². The lowest BCUT2D eigenvalue weighted by atomic mass is 9.86. The molecule has 0 aromatic carbocycles. The van der Waals surface area contributed by atoms with Gasteiger partial charge in [0.05, 0.1) is 0 Å². The predicted octanol–water partition coefficient (Wildman–Crippen LogP) is 7.23. The fourth-order valence-electron chi connectivity index (χ4n) is 1.68. The summed E-state index contributed by atoms with van der Waals surface area (Å²) in [5, 5.41) is 0. The Morgan fingerprint density at radius 1 is 0.242 bits per heavy atom. The van der Waals surface area contributed by atoms with Crippen molar-refractivity contribution in [3.63, 3.8) is 0 Å². The van der Waals surface area contributed by atoms with Gasteiger partial charge in [0.15, 0.2) is 0 Å². The lowest BCUT2D eigenvalue weighted by Crippen LogP contribution is -2.76. The highest BCUT2D eigenvalue weighted by atomic mass is 19.4. The maximum Gasteiger partial charge on any atom is 0.385 e. The zero-order valence-corrected chi connectivity index (χ0v) is 14.0. The largest absolute Gasteiger partial charge is 0.385 e. The molecule has 0 fully saturated rings. The Hall–Kier alpha value is -1.54. The van der Waals surface area contributed by atoms with Crippen LogP contribution < -0.4 is 0 Å². The minimum absolute atomic E-state index is 6.15. The fourth-order valence-corrected chi connectivity index (χ4v) is 1.68. The molecule has 33 heavy (non-hydrogen) atoms. The lowest BCUT2D eigenvalue weighted by Gasteiger charge is -2.44. The van der Waals surface area contributed by atoms with Gasteiger partial charge in [-0.2, -0.15) is 79.0 Å². The number of halogens is 22. The highest BCUT2D eigenvalue weighted by molar-refractivity contribution is 5.17. The Labute approximate surface area is 164 Å². The maximum absolute atomic E-state index is 13.2. The van der Waals surface area contributed by atoms with Gasteiger partial charge in [0.2, 0.25) is 0 Å². The number of alkyl halides is 22. The second-order valence-electron chi connectivity index (χ2n) is 5.87. The number of rotatable bonds is 10. The summed E-state index contributed by atoms with van der Waals surface area (Å²) in [6.45, 7) is 0. The quantitative estimate of drug-likeness (QED) is 0.251. The highest BCUT2D eigenvalue weighted by Crippen LogP contribution is 2.65. The van der Waals surface area contributed by atoms with E-state index < -0.39 is 66.2 Å². The Morgan fingerprint density at radius 2 is 0.364 bits per heavy atom. The van der Waals surface area contributed by atoms with Crippen LogP contribution in [0.25, 0.3) is 0 Å². The molecule has 0 radical (unpaired) electrons. The molecule has 0 atom stereocenters. The molecule has 0 rings (SSSR count). The topological polar surface area (TPSA) is 0 Å². The maximum atomic E-state index is 13.2. The van der Waals surface area contributed by atoms with Crippen LogP contribution in [0.3, 0.4) is 0 Å². The van der Waals surface area contributed by atoms with Gasteiger partial charge in [-0.1, -0.05) is 0 Å². The molecule has 0 N–H and O–H groups in total. The molecule has 0 spiro atoms. The Bertz CT molecular complexity index is 641. The number of hydrogen-bond donors (Lipinski definition) is 0. The zero-order chi connectivity index (χ0) is 27.7. The van der Waals surface area contributed by atoms with E-state index >= 15 is 0 Å². The van der Waals surface area contributed by atoms with Crippen molar-refractivity contribution in [2.75, 3.05) is 0 Å². The summed E-state index contributed by atoms with van der Waals surface area (Å²) in [7, 11) is 0. The Balaban J connectivity index is 7.00. The monoisotopic (exact) mass is 552 g/mol. The van der Waals surface area contributed by atoms with Crippen molar-refractivity contribution in [1.29, 1.82) is 0 Å². The van der Waals surface area contributed by atoms with Crippen molar-refractivity contribution in [3.8, 4) is 0 Å². The first-order valence-corrected chi connectivity index (χ1v) is 6.85. The molecule has 0 aromatic heterocycles. The SMILES string of the molecule is FC(F)C(F)(F)C(F)(F)C(F)(F)C(F)(F)C(F)(F)C(F)(F)C(F)(F)C(F)(F)C(F)(F)C(F)F. The van der Waals surface area contributed by atoms with Gasteiger partial charge in [-0.15, -0.1) is 0 Å². The average molecular weight is 552 g/mol. The van der Waals surface area contributed by atoms with Crippen LogP contribution in [-0.2, 0) is 0 Å². The summed E-state index contributed by atoms with van der Waals surface area (Å²) in [4.78, 5) is 0. The van der Waals surface area contributed by atoms with E-state index in [0.29, 0.717) is 0 Å². The first kappa shape index (κ1) is 31.5. The summed E-state index contributed by atoms with van der Waals surface area (Å²) in [6.07, 6.45) is -12.3. The molecular weight excluding hydrogens is 550 g/mol. The predicted molar refractivity (Wildman–Crippen MR) is 56.5 cm³/mol. The summed E-state index contributed by atoms with van der Waals surface area (Å²) < 4.78 is 280. The minimum atomic E-state index is -9.20. The molecule has 0 aliphatic heterocycles. The average Bonchev–Trinajstić information content (AvgIpc) is 2.59. The van der Waals surface area contributed by atoms with E-state index in [1.165, 1.54) is 0 Å². The van der Waals surface area contributed by atoms with Gasteiger partial charge in [0, 0.05) is 0 Å². The summed E-state index contributed by atoms with van der Waals surface area (Å²) in [6, 6.07) is 0. The molecule has 200 valence electrons. The van der Waals surface area contributed by atoms with Crippen LogP contribution in [0, 0.1) is 0 Å². The molecule has 0 saturated carbocycles. The van der Waals surface area contributed by atoms with Crippen LogP contribution in [-0.4, -0.2) is 66.2 Å². The Morgan fingerprint density at radius 3 is 0.485 bits per heavy atom. The van der Waals surface area contributed by atoms with Crippen LogP contribution in [0.1, 0.15) is 0 Å². The van der Waals surface area contributed by atoms with Gasteiger partial charge in [0.25, 0.3) is 0 Å². The van der Waals surface area contributed by atoms with Crippen LogP contribution in [0.15, 0.2) is 0 Å². The van der Waals surface area contributed by atoms with E-state index in [2.05, 4.69) is 0 Å². The summed E-state index contributed by atoms with van der Waals surface area (Å²) in [5.41, 5.74) is 0. The van der Waals surface area contributed by atoms with Crippen LogP contribution in [0.4, 0.5) is 96.6 Å². The molecule has 0 aromatic rings. The van der Waals surface area contributed by atoms with Crippen LogP contribution in [0.5, 0.6) is 0 Å². The van der Waals surface area contributed by atoms with E-state index in [-0.39, 0.29) is 0 Å². The Kier molecular flexibility index (Phi) is 7.37. The molecule has 22 heteroatoms. The third-order valence-corrected chi connectivity index (χ3v) is 3.75. The molecule has 0 unspecified atom stereocenters. The van der Waals surface area contributed by atoms with Crippen molar-refractivity contribution in [1.82, 2.24) is 0 Å². The third kappa shape index (κ3) is 3.63. The molecule has 0 amide bonds. The molecule has 0 bridgehead atoms. The van der Waals surface area contributed by atoms with E-state index in [0.717, 1.165) is 0 Å². The number of hydrogen-bond acceptors (Lipinski definition) is 0. The first-order chi connectivity index (χ1) is 13.9. The third-order valence-electron chi connectivity index (χ3n) is 3.75. The molecule has 0 nitrogen and oxygen atoms in total. The van der Waals surface area contributed by atoms with Crippen molar-refractivity contribution in [2.24, 2.45) is 0 Å². The highest BCUT2D eigenvalue weighted by Gasteiger charge is 2.97. The molecule has 0 heterocycles. The van der Waals surface area contributed by atoms with Gasteiger partial charge >= 0.3 is 66.2 Å². The van der Waals surface area contributed by atoms with Gasteiger partial charge in [0.1, 0.15) is 0 Å². The van der Waals surface area contributed by atoms with E-state index in [4.69, 9.17) is 0 Å². The summed E-state index contributed by atoms with van der Waals surface area (Å²) in [5.74, 6) is -78.0. The van der Waals surface area contributed by atoms with Crippen molar-refractivity contribution >= 4 is 0 Å². The molecule has 0 aliphatic rings. The zero-order valence-electron chi connectivity index (χ0n) is 14.0. The van der Waals surface area contributed by atoms with Gasteiger partial charge < -0.3 is 0 Å². The van der Waals surface area contributed by atoms with Crippen LogP contribution in [0.2, 0.25) is 0 Å². The lowest BCUT2D eigenvalue weighted by molar-refractivity contribution is -0.468.